The number of carbonyl (C=O) groups excluding carboxylic acids is 1. The average Bonchev–Trinajstić information content (AvgIpc) is 3.29. The average molecular weight is 509 g/mol. The lowest BCUT2D eigenvalue weighted by atomic mass is 9.86. The van der Waals surface area contributed by atoms with E-state index in [0.29, 0.717) is 18.5 Å². The van der Waals surface area contributed by atoms with Gasteiger partial charge in [-0.25, -0.2) is 13.5 Å². The van der Waals surface area contributed by atoms with E-state index in [4.69, 9.17) is 9.47 Å². The molecule has 184 valence electrons. The summed E-state index contributed by atoms with van der Waals surface area (Å²) in [6.07, 6.45) is 4.81. The van der Waals surface area contributed by atoms with Gasteiger partial charge in [0.15, 0.2) is 23.1 Å². The number of halogens is 2. The summed E-state index contributed by atoms with van der Waals surface area (Å²) < 4.78 is 42.5. The number of amides is 1. The summed E-state index contributed by atoms with van der Waals surface area (Å²) >= 11 is 1.59. The molecule has 0 atom stereocenters. The third-order valence-corrected chi connectivity index (χ3v) is 7.67. The Bertz CT molecular complexity index is 1480. The molecular weight excluding hydrogens is 486 g/mol. The molecule has 1 amide bonds. The summed E-state index contributed by atoms with van der Waals surface area (Å²) in [6.45, 7) is 1.90. The van der Waals surface area contributed by atoms with E-state index in [-0.39, 0.29) is 24.0 Å². The molecule has 0 unspecified atom stereocenters. The first-order valence-corrected chi connectivity index (χ1v) is 12.3. The SMILES string of the molecule is COc1cc(OC)c(F)c(N2Cc3cnc(-c4cn(-c5ccsc5)nc4C)cc3C3(CC3)C2=O)c1F. The largest absolute Gasteiger partial charge is 0.493 e. The van der Waals surface area contributed by atoms with Crippen LogP contribution in [-0.4, -0.2) is 34.9 Å². The van der Waals surface area contributed by atoms with E-state index >= 15 is 8.78 Å². The van der Waals surface area contributed by atoms with Crippen molar-refractivity contribution in [2.24, 2.45) is 0 Å². The van der Waals surface area contributed by atoms with E-state index in [9.17, 15) is 4.79 Å². The first-order valence-electron chi connectivity index (χ1n) is 11.4. The van der Waals surface area contributed by atoms with E-state index in [1.807, 2.05) is 40.7 Å². The molecule has 2 aliphatic rings. The molecule has 4 heterocycles. The number of ether oxygens (including phenoxy) is 2. The zero-order valence-corrected chi connectivity index (χ0v) is 20.7. The second-order valence-corrected chi connectivity index (χ2v) is 9.79. The minimum atomic E-state index is -0.940. The van der Waals surface area contributed by atoms with Gasteiger partial charge < -0.3 is 14.4 Å². The number of thiophene rings is 1. The predicted octanol–water partition coefficient (Wildman–Crippen LogP) is 5.18. The van der Waals surface area contributed by atoms with Gasteiger partial charge in [-0.1, -0.05) is 0 Å². The van der Waals surface area contributed by atoms with Crippen LogP contribution in [0.15, 0.2) is 41.4 Å². The lowest BCUT2D eigenvalue weighted by Gasteiger charge is -2.35. The Kier molecular flexibility index (Phi) is 5.11. The summed E-state index contributed by atoms with van der Waals surface area (Å²) in [4.78, 5) is 19.5. The molecule has 0 saturated heterocycles. The van der Waals surface area contributed by atoms with Gasteiger partial charge in [0.25, 0.3) is 0 Å². The van der Waals surface area contributed by atoms with Gasteiger partial charge in [-0.15, -0.1) is 0 Å². The van der Waals surface area contributed by atoms with E-state index in [1.165, 1.54) is 14.2 Å². The number of anilines is 1. The van der Waals surface area contributed by atoms with E-state index in [1.54, 1.807) is 17.5 Å². The summed E-state index contributed by atoms with van der Waals surface area (Å²) in [5.74, 6) is -2.61. The highest BCUT2D eigenvalue weighted by Gasteiger charge is 2.57. The Balaban J connectivity index is 1.44. The van der Waals surface area contributed by atoms with E-state index in [2.05, 4.69) is 10.1 Å². The van der Waals surface area contributed by atoms with Crippen LogP contribution in [0.5, 0.6) is 11.5 Å². The highest BCUT2D eigenvalue weighted by Crippen LogP contribution is 2.55. The Morgan fingerprint density at radius 2 is 1.83 bits per heavy atom. The van der Waals surface area contributed by atoms with Crippen LogP contribution in [0.25, 0.3) is 16.9 Å². The Labute approximate surface area is 209 Å². The van der Waals surface area contributed by atoms with Crippen molar-refractivity contribution >= 4 is 22.9 Å². The fraction of sp³-hybridized carbons (Fsp3) is 0.269. The molecule has 0 N–H and O–H groups in total. The minimum absolute atomic E-state index is 0.0134. The van der Waals surface area contributed by atoms with Gasteiger partial charge in [-0.05, 0) is 48.4 Å². The fourth-order valence-corrected chi connectivity index (χ4v) is 5.57. The number of aromatic nitrogens is 3. The first-order chi connectivity index (χ1) is 17.4. The van der Waals surface area contributed by atoms with Crippen LogP contribution in [-0.2, 0) is 16.8 Å². The number of aryl methyl sites for hydroxylation is 1. The topological polar surface area (TPSA) is 69.5 Å². The third kappa shape index (κ3) is 3.24. The predicted molar refractivity (Wildman–Crippen MR) is 131 cm³/mol. The van der Waals surface area contributed by atoms with Crippen LogP contribution in [0, 0.1) is 18.6 Å². The number of benzene rings is 1. The Hall–Kier alpha value is -3.79. The lowest BCUT2D eigenvalue weighted by molar-refractivity contribution is -0.121. The van der Waals surface area contributed by atoms with Crippen molar-refractivity contribution in [1.29, 1.82) is 0 Å². The summed E-state index contributed by atoms with van der Waals surface area (Å²) in [6, 6.07) is 5.05. The number of fused-ring (bicyclic) bond motifs is 2. The number of nitrogens with zero attached hydrogens (tertiary/aromatic N) is 4. The number of methoxy groups -OCH3 is 2. The molecule has 1 aliphatic heterocycles. The van der Waals surface area contributed by atoms with Crippen molar-refractivity contribution in [2.45, 2.75) is 31.7 Å². The molecule has 1 saturated carbocycles. The van der Waals surface area contributed by atoms with Crippen LogP contribution in [0.1, 0.15) is 29.7 Å². The molecule has 36 heavy (non-hydrogen) atoms. The highest BCUT2D eigenvalue weighted by molar-refractivity contribution is 7.08. The summed E-state index contributed by atoms with van der Waals surface area (Å²) in [5.41, 5.74) is 3.66. The molecule has 0 radical (unpaired) electrons. The maximum atomic E-state index is 15.3. The second kappa shape index (κ2) is 8.12. The molecule has 4 aromatic rings. The molecule has 3 aromatic heterocycles. The molecule has 1 aromatic carbocycles. The van der Waals surface area contributed by atoms with E-state index < -0.39 is 22.7 Å². The van der Waals surface area contributed by atoms with Crippen LogP contribution < -0.4 is 14.4 Å². The number of pyridine rings is 1. The van der Waals surface area contributed by atoms with Gasteiger partial charge in [0.2, 0.25) is 5.91 Å². The Morgan fingerprint density at radius 3 is 2.44 bits per heavy atom. The van der Waals surface area contributed by atoms with Gasteiger partial charge in [0, 0.05) is 29.4 Å². The molecule has 1 spiro atoms. The Morgan fingerprint density at radius 1 is 1.11 bits per heavy atom. The van der Waals surface area contributed by atoms with Crippen molar-refractivity contribution < 1.29 is 23.0 Å². The minimum Gasteiger partial charge on any atom is -0.493 e. The summed E-state index contributed by atoms with van der Waals surface area (Å²) in [7, 11) is 2.56. The molecule has 0 bridgehead atoms. The fourth-order valence-electron chi connectivity index (χ4n) is 4.95. The van der Waals surface area contributed by atoms with Gasteiger partial charge in [-0.3, -0.25) is 9.78 Å². The second-order valence-electron chi connectivity index (χ2n) is 9.01. The van der Waals surface area contributed by atoms with Crippen molar-refractivity contribution in [3.63, 3.8) is 0 Å². The van der Waals surface area contributed by atoms with Gasteiger partial charge >= 0.3 is 0 Å². The van der Waals surface area contributed by atoms with Crippen LogP contribution in [0.3, 0.4) is 0 Å². The zero-order chi connectivity index (χ0) is 25.2. The van der Waals surface area contributed by atoms with Crippen molar-refractivity contribution in [2.75, 3.05) is 19.1 Å². The number of rotatable bonds is 5. The van der Waals surface area contributed by atoms with Gasteiger partial charge in [0.1, 0.15) is 5.69 Å². The van der Waals surface area contributed by atoms with E-state index in [0.717, 1.165) is 39.0 Å². The quantitative estimate of drug-likeness (QED) is 0.372. The highest BCUT2D eigenvalue weighted by atomic mass is 32.1. The van der Waals surface area contributed by atoms with Crippen LogP contribution in [0.4, 0.5) is 14.5 Å². The molecule has 6 rings (SSSR count). The summed E-state index contributed by atoms with van der Waals surface area (Å²) in [5, 5.41) is 8.61. The first kappa shape index (κ1) is 22.7. The molecular formula is C26H22F2N4O3S. The van der Waals surface area contributed by atoms with Crippen LogP contribution >= 0.6 is 11.3 Å². The smallest absolute Gasteiger partial charge is 0.238 e. The monoisotopic (exact) mass is 508 g/mol. The normalized spacial score (nSPS) is 15.8. The molecule has 7 nitrogen and oxygen atoms in total. The standard InChI is InChI=1S/C26H22F2N4O3S/c1-14-17(12-32(30-14)16-4-7-36-13-16)19-8-18-15(10-29-19)11-31(25(33)26(18)5-6-26)24-22(27)20(34-2)9-21(35-3)23(24)28/h4,7-10,12-13H,5-6,11H2,1-3H3. The third-order valence-electron chi connectivity index (χ3n) is 7.00. The molecule has 1 aliphatic carbocycles. The number of carbonyl (C=O) groups is 1. The molecule has 10 heteroatoms. The number of hydrogen-bond donors (Lipinski definition) is 0. The number of hydrogen-bond acceptors (Lipinski definition) is 6. The van der Waals surface area contributed by atoms with Crippen molar-refractivity contribution in [3.8, 4) is 28.4 Å². The molecule has 1 fully saturated rings. The zero-order valence-electron chi connectivity index (χ0n) is 19.8. The van der Waals surface area contributed by atoms with Crippen LogP contribution in [0.2, 0.25) is 0 Å². The van der Waals surface area contributed by atoms with Crippen molar-refractivity contribution in [1.82, 2.24) is 14.8 Å². The van der Waals surface area contributed by atoms with Crippen molar-refractivity contribution in [3.05, 3.63) is 69.8 Å². The maximum Gasteiger partial charge on any atom is 0.238 e. The van der Waals surface area contributed by atoms with Gasteiger partial charge in [0.05, 0.1) is 43.3 Å². The van der Waals surface area contributed by atoms with Gasteiger partial charge in [-0.2, -0.15) is 16.4 Å². The maximum absolute atomic E-state index is 15.3. The lowest BCUT2D eigenvalue weighted by Crippen LogP contribution is -2.45.